The number of carbonyl (C=O) groups is 1. The predicted octanol–water partition coefficient (Wildman–Crippen LogP) is 6.55. The van der Waals surface area contributed by atoms with Gasteiger partial charge < -0.3 is 25.4 Å². The lowest BCUT2D eigenvalue weighted by Crippen LogP contribution is -2.29. The molecule has 0 aliphatic carbocycles. The molecule has 2 aromatic rings. The Morgan fingerprint density at radius 3 is 2.31 bits per heavy atom. The van der Waals surface area contributed by atoms with Gasteiger partial charge in [-0.3, -0.25) is 0 Å². The molecule has 0 unspecified atom stereocenters. The van der Waals surface area contributed by atoms with E-state index in [4.69, 9.17) is 9.47 Å². The zero-order valence-electron chi connectivity index (χ0n) is 18.3. The van der Waals surface area contributed by atoms with E-state index >= 15 is 0 Å². The maximum atomic E-state index is 12.2. The van der Waals surface area contributed by atoms with Crippen LogP contribution < -0.4 is 25.4 Å². The van der Waals surface area contributed by atoms with E-state index in [0.717, 1.165) is 19.3 Å². The van der Waals surface area contributed by atoms with Gasteiger partial charge in [0.15, 0.2) is 11.5 Å². The summed E-state index contributed by atoms with van der Waals surface area (Å²) in [6, 6.07) is 11.7. The van der Waals surface area contributed by atoms with Crippen LogP contribution in [0.15, 0.2) is 42.5 Å². The quantitative estimate of drug-likeness (QED) is 0.319. The summed E-state index contributed by atoms with van der Waals surface area (Å²) >= 11 is 0. The monoisotopic (exact) mass is 453 g/mol. The third-order valence-corrected chi connectivity index (χ3v) is 4.54. The van der Waals surface area contributed by atoms with Crippen molar-refractivity contribution < 1.29 is 27.4 Å². The number of nitrogens with one attached hydrogen (secondary N) is 3. The number of rotatable bonds is 12. The molecule has 0 saturated heterocycles. The summed E-state index contributed by atoms with van der Waals surface area (Å²) in [6.45, 7) is 2.95. The van der Waals surface area contributed by atoms with Crippen molar-refractivity contribution in [3.63, 3.8) is 0 Å². The molecule has 9 heteroatoms. The summed E-state index contributed by atoms with van der Waals surface area (Å²) in [7, 11) is 1.50. The standard InChI is InChI=1S/C23H30F3N3O3/c1-3-4-5-14-28-22(30)29-18-9-12-20(21(16-18)31-2)32-19-10-7-17(8-11-19)27-15-6-13-23(24,25)26/h7-12,16,27H,3-6,13-15H2,1-2H3,(H2,28,29,30). The molecule has 0 bridgehead atoms. The van der Waals surface area contributed by atoms with E-state index in [2.05, 4.69) is 22.9 Å². The minimum Gasteiger partial charge on any atom is -0.493 e. The second kappa shape index (κ2) is 12.7. The van der Waals surface area contributed by atoms with Gasteiger partial charge in [-0.15, -0.1) is 0 Å². The van der Waals surface area contributed by atoms with Crippen LogP contribution in [0.2, 0.25) is 0 Å². The number of carbonyl (C=O) groups excluding carboxylic acids is 1. The summed E-state index contributed by atoms with van der Waals surface area (Å²) in [5, 5.41) is 8.52. The number of hydrogen-bond donors (Lipinski definition) is 3. The molecule has 0 fully saturated rings. The van der Waals surface area contributed by atoms with Gasteiger partial charge in [0.05, 0.1) is 7.11 Å². The molecule has 3 N–H and O–H groups in total. The van der Waals surface area contributed by atoms with Crippen molar-refractivity contribution in [2.75, 3.05) is 30.8 Å². The SMILES string of the molecule is CCCCCNC(=O)Nc1ccc(Oc2ccc(NCCCC(F)(F)F)cc2)c(OC)c1. The maximum absolute atomic E-state index is 12.2. The third-order valence-electron chi connectivity index (χ3n) is 4.54. The molecule has 32 heavy (non-hydrogen) atoms. The number of anilines is 2. The van der Waals surface area contributed by atoms with Crippen molar-refractivity contribution in [2.45, 2.75) is 45.2 Å². The van der Waals surface area contributed by atoms with Gasteiger partial charge in [0, 0.05) is 37.0 Å². The van der Waals surface area contributed by atoms with Gasteiger partial charge >= 0.3 is 12.2 Å². The van der Waals surface area contributed by atoms with Gasteiger partial charge in [-0.05, 0) is 49.2 Å². The number of benzene rings is 2. The van der Waals surface area contributed by atoms with E-state index in [1.165, 1.54) is 7.11 Å². The summed E-state index contributed by atoms with van der Waals surface area (Å²) in [6.07, 6.45) is -1.86. The van der Waals surface area contributed by atoms with Crippen molar-refractivity contribution in [3.8, 4) is 17.2 Å². The Balaban J connectivity index is 1.88. The average molecular weight is 454 g/mol. The minimum absolute atomic E-state index is 0.0100. The van der Waals surface area contributed by atoms with Crippen molar-refractivity contribution >= 4 is 17.4 Å². The van der Waals surface area contributed by atoms with E-state index in [1.54, 1.807) is 42.5 Å². The molecular weight excluding hydrogens is 423 g/mol. The van der Waals surface area contributed by atoms with Crippen LogP contribution >= 0.6 is 0 Å². The van der Waals surface area contributed by atoms with Gasteiger partial charge in [-0.1, -0.05) is 19.8 Å². The van der Waals surface area contributed by atoms with Gasteiger partial charge in [0.1, 0.15) is 5.75 Å². The number of hydrogen-bond acceptors (Lipinski definition) is 4. The number of amides is 2. The highest BCUT2D eigenvalue weighted by Gasteiger charge is 2.25. The molecule has 0 radical (unpaired) electrons. The first-order valence-electron chi connectivity index (χ1n) is 10.6. The molecule has 2 aromatic carbocycles. The Hall–Kier alpha value is -3.10. The van der Waals surface area contributed by atoms with Crippen LogP contribution in [0.4, 0.5) is 29.3 Å². The summed E-state index contributed by atoms with van der Waals surface area (Å²) in [5.41, 5.74) is 1.27. The molecule has 0 spiro atoms. The summed E-state index contributed by atoms with van der Waals surface area (Å²) in [4.78, 5) is 12.0. The highest BCUT2D eigenvalue weighted by atomic mass is 19.4. The molecule has 6 nitrogen and oxygen atoms in total. The molecule has 0 saturated carbocycles. The second-order valence-corrected chi connectivity index (χ2v) is 7.23. The third kappa shape index (κ3) is 9.36. The normalized spacial score (nSPS) is 11.0. The van der Waals surface area contributed by atoms with Crippen molar-refractivity contribution in [2.24, 2.45) is 0 Å². The largest absolute Gasteiger partial charge is 0.493 e. The van der Waals surface area contributed by atoms with E-state index in [9.17, 15) is 18.0 Å². The predicted molar refractivity (Wildman–Crippen MR) is 120 cm³/mol. The smallest absolute Gasteiger partial charge is 0.389 e. The molecule has 2 rings (SSSR count). The lowest BCUT2D eigenvalue weighted by Gasteiger charge is -2.14. The number of unbranched alkanes of at least 4 members (excludes halogenated alkanes) is 2. The number of urea groups is 1. The van der Waals surface area contributed by atoms with Crippen LogP contribution in [0.1, 0.15) is 39.0 Å². The highest BCUT2D eigenvalue weighted by molar-refractivity contribution is 5.89. The Kier molecular flexibility index (Phi) is 9.97. The lowest BCUT2D eigenvalue weighted by atomic mass is 10.2. The first-order chi connectivity index (χ1) is 15.3. The molecule has 0 atom stereocenters. The number of ether oxygens (including phenoxy) is 2. The topological polar surface area (TPSA) is 71.6 Å². The Labute approximate surface area is 186 Å². The first-order valence-corrected chi connectivity index (χ1v) is 10.6. The number of halogens is 3. The van der Waals surface area contributed by atoms with E-state index < -0.39 is 12.6 Å². The molecule has 2 amide bonds. The Bertz CT molecular complexity index is 843. The molecule has 0 heterocycles. The van der Waals surface area contributed by atoms with Crippen molar-refractivity contribution in [1.82, 2.24) is 5.32 Å². The van der Waals surface area contributed by atoms with Gasteiger partial charge in [-0.2, -0.15) is 13.2 Å². The zero-order chi connectivity index (χ0) is 23.4. The van der Waals surface area contributed by atoms with Gasteiger partial charge in [0.25, 0.3) is 0 Å². The average Bonchev–Trinajstić information content (AvgIpc) is 2.76. The second-order valence-electron chi connectivity index (χ2n) is 7.23. The fourth-order valence-corrected chi connectivity index (χ4v) is 2.87. The fraction of sp³-hybridized carbons (Fsp3) is 0.435. The van der Waals surface area contributed by atoms with Crippen LogP contribution in [-0.4, -0.2) is 32.4 Å². The lowest BCUT2D eigenvalue weighted by molar-refractivity contribution is -0.134. The Morgan fingerprint density at radius 1 is 0.938 bits per heavy atom. The minimum atomic E-state index is -4.14. The fourth-order valence-electron chi connectivity index (χ4n) is 2.87. The van der Waals surface area contributed by atoms with E-state index in [0.29, 0.717) is 35.2 Å². The van der Waals surface area contributed by atoms with E-state index in [1.807, 2.05) is 0 Å². The molecule has 176 valence electrons. The number of methoxy groups -OCH3 is 1. The Morgan fingerprint density at radius 2 is 1.66 bits per heavy atom. The highest BCUT2D eigenvalue weighted by Crippen LogP contribution is 2.34. The van der Waals surface area contributed by atoms with E-state index in [-0.39, 0.29) is 19.0 Å². The van der Waals surface area contributed by atoms with Crippen LogP contribution in [-0.2, 0) is 0 Å². The van der Waals surface area contributed by atoms with Crippen LogP contribution in [0.3, 0.4) is 0 Å². The van der Waals surface area contributed by atoms with Gasteiger partial charge in [0.2, 0.25) is 0 Å². The zero-order valence-corrected chi connectivity index (χ0v) is 18.3. The molecule has 0 aromatic heterocycles. The number of alkyl halides is 3. The van der Waals surface area contributed by atoms with Gasteiger partial charge in [-0.25, -0.2) is 4.79 Å². The first kappa shape index (κ1) is 25.2. The van der Waals surface area contributed by atoms with Crippen LogP contribution in [0.25, 0.3) is 0 Å². The summed E-state index contributed by atoms with van der Waals surface area (Å²) in [5.74, 6) is 1.45. The van der Waals surface area contributed by atoms with Crippen LogP contribution in [0.5, 0.6) is 17.2 Å². The van der Waals surface area contributed by atoms with Crippen LogP contribution in [0, 0.1) is 0 Å². The molecule has 0 aliphatic heterocycles. The van der Waals surface area contributed by atoms with Crippen molar-refractivity contribution in [1.29, 1.82) is 0 Å². The van der Waals surface area contributed by atoms with Crippen molar-refractivity contribution in [3.05, 3.63) is 42.5 Å². The summed E-state index contributed by atoms with van der Waals surface area (Å²) < 4.78 is 47.8. The maximum Gasteiger partial charge on any atom is 0.389 e. The molecular formula is C23H30F3N3O3. The molecule has 0 aliphatic rings.